The Bertz CT molecular complexity index is 241. The van der Waals surface area contributed by atoms with Gasteiger partial charge in [0.15, 0.2) is 5.75 Å². The van der Waals surface area contributed by atoms with E-state index in [1.807, 2.05) is 0 Å². The molecule has 1 aromatic rings. The number of rotatable bonds is 1. The van der Waals surface area contributed by atoms with Crippen molar-refractivity contribution in [2.24, 2.45) is 0 Å². The van der Waals surface area contributed by atoms with Crippen molar-refractivity contribution in [2.75, 3.05) is 0 Å². The minimum atomic E-state index is -0.877. The Hall–Kier alpha value is -0.830. The van der Waals surface area contributed by atoms with Crippen LogP contribution in [0.4, 0.5) is 4.39 Å². The lowest BCUT2D eigenvalue weighted by Gasteiger charge is -1.97. The zero-order valence-corrected chi connectivity index (χ0v) is 5.77. The van der Waals surface area contributed by atoms with E-state index in [1.54, 1.807) is 0 Å². The summed E-state index contributed by atoms with van der Waals surface area (Å²) in [5.74, 6) is -1.25. The third-order valence-electron chi connectivity index (χ3n) is 1.11. The average molecular weight is 162 g/mol. The molecule has 0 spiro atoms. The molecule has 0 bridgehead atoms. The largest absolute Gasteiger partial charge is 0.503 e. The van der Waals surface area contributed by atoms with Gasteiger partial charge in [-0.1, -0.05) is 0 Å². The van der Waals surface area contributed by atoms with Gasteiger partial charge in [-0.25, -0.2) is 4.98 Å². The van der Waals surface area contributed by atoms with Crippen LogP contribution in [0.25, 0.3) is 0 Å². The summed E-state index contributed by atoms with van der Waals surface area (Å²) in [6.45, 7) is 0. The molecule has 1 rings (SSSR count). The van der Waals surface area contributed by atoms with Gasteiger partial charge in [0.2, 0.25) is 0 Å². The second kappa shape index (κ2) is 2.84. The normalized spacial score (nSPS) is 9.80. The number of hydrogen-bond donors (Lipinski definition) is 1. The maximum atomic E-state index is 12.3. The van der Waals surface area contributed by atoms with Crippen molar-refractivity contribution >= 4 is 11.6 Å². The molecule has 0 amide bonds. The van der Waals surface area contributed by atoms with Crippen molar-refractivity contribution < 1.29 is 9.50 Å². The van der Waals surface area contributed by atoms with Crippen LogP contribution >= 0.6 is 11.6 Å². The van der Waals surface area contributed by atoms with Gasteiger partial charge < -0.3 is 5.11 Å². The van der Waals surface area contributed by atoms with Gasteiger partial charge in [-0.2, -0.15) is 4.39 Å². The SMILES string of the molecule is Oc1c(CCl)ccnc1F. The maximum absolute atomic E-state index is 12.3. The quantitative estimate of drug-likeness (QED) is 0.502. The van der Waals surface area contributed by atoms with E-state index in [9.17, 15) is 4.39 Å². The minimum Gasteiger partial charge on any atom is -0.503 e. The Kier molecular flexibility index (Phi) is 2.06. The molecule has 1 N–H and O–H groups in total. The van der Waals surface area contributed by atoms with E-state index in [4.69, 9.17) is 16.7 Å². The molecule has 0 unspecified atom stereocenters. The Morgan fingerprint density at radius 1 is 1.70 bits per heavy atom. The predicted molar refractivity (Wildman–Crippen MR) is 35.4 cm³/mol. The van der Waals surface area contributed by atoms with E-state index < -0.39 is 11.7 Å². The third-order valence-corrected chi connectivity index (χ3v) is 1.40. The van der Waals surface area contributed by atoms with Gasteiger partial charge in [0.1, 0.15) is 0 Å². The summed E-state index contributed by atoms with van der Waals surface area (Å²) in [7, 11) is 0. The summed E-state index contributed by atoms with van der Waals surface area (Å²) in [6, 6.07) is 1.46. The first-order valence-electron chi connectivity index (χ1n) is 2.64. The van der Waals surface area contributed by atoms with Crippen LogP contribution in [0.2, 0.25) is 0 Å². The Morgan fingerprint density at radius 2 is 2.40 bits per heavy atom. The highest BCUT2D eigenvalue weighted by Gasteiger charge is 2.04. The molecule has 0 aliphatic heterocycles. The van der Waals surface area contributed by atoms with E-state index in [0.717, 1.165) is 0 Å². The molecular formula is C6H5ClFNO. The molecule has 0 radical (unpaired) electrons. The zero-order valence-electron chi connectivity index (χ0n) is 5.01. The van der Waals surface area contributed by atoms with Gasteiger partial charge in [0.05, 0.1) is 5.88 Å². The van der Waals surface area contributed by atoms with Crippen molar-refractivity contribution in [1.82, 2.24) is 4.98 Å². The van der Waals surface area contributed by atoms with Crippen LogP contribution in [0.3, 0.4) is 0 Å². The standard InChI is InChI=1S/C6H5ClFNO/c7-3-4-1-2-9-6(8)5(4)10/h1-2,10H,3H2. The van der Waals surface area contributed by atoms with Crippen LogP contribution in [-0.4, -0.2) is 10.1 Å². The highest BCUT2D eigenvalue weighted by molar-refractivity contribution is 6.17. The van der Waals surface area contributed by atoms with Crippen molar-refractivity contribution in [2.45, 2.75) is 5.88 Å². The van der Waals surface area contributed by atoms with Crippen molar-refractivity contribution in [1.29, 1.82) is 0 Å². The molecule has 2 nitrogen and oxygen atoms in total. The summed E-state index contributed by atoms with van der Waals surface area (Å²) < 4.78 is 12.3. The molecule has 1 aromatic heterocycles. The van der Waals surface area contributed by atoms with E-state index in [1.165, 1.54) is 12.3 Å². The number of alkyl halides is 1. The van der Waals surface area contributed by atoms with E-state index in [2.05, 4.69) is 4.98 Å². The van der Waals surface area contributed by atoms with Gasteiger partial charge in [-0.3, -0.25) is 0 Å². The van der Waals surface area contributed by atoms with Gasteiger partial charge in [0.25, 0.3) is 5.95 Å². The first kappa shape index (κ1) is 7.28. The first-order valence-corrected chi connectivity index (χ1v) is 3.17. The van der Waals surface area contributed by atoms with Gasteiger partial charge in [-0.15, -0.1) is 11.6 Å². The van der Waals surface area contributed by atoms with Crippen LogP contribution in [0.15, 0.2) is 12.3 Å². The van der Waals surface area contributed by atoms with Gasteiger partial charge >= 0.3 is 0 Å². The fraction of sp³-hybridized carbons (Fsp3) is 0.167. The summed E-state index contributed by atoms with van der Waals surface area (Å²) in [5.41, 5.74) is 0.356. The van der Waals surface area contributed by atoms with Crippen molar-refractivity contribution in [3.8, 4) is 5.75 Å². The molecule has 0 saturated heterocycles. The summed E-state index contributed by atoms with van der Waals surface area (Å²) in [4.78, 5) is 3.21. The number of pyridine rings is 1. The van der Waals surface area contributed by atoms with Crippen LogP contribution in [0.5, 0.6) is 5.75 Å². The summed E-state index contributed by atoms with van der Waals surface area (Å²) in [5, 5.41) is 8.88. The van der Waals surface area contributed by atoms with E-state index >= 15 is 0 Å². The molecule has 0 atom stereocenters. The molecular weight excluding hydrogens is 157 g/mol. The predicted octanol–water partition coefficient (Wildman–Crippen LogP) is 1.67. The Morgan fingerprint density at radius 3 is 2.90 bits per heavy atom. The molecule has 54 valence electrons. The van der Waals surface area contributed by atoms with Crippen LogP contribution in [0.1, 0.15) is 5.56 Å². The molecule has 0 aromatic carbocycles. The first-order chi connectivity index (χ1) is 4.75. The number of hydrogen-bond acceptors (Lipinski definition) is 2. The number of aromatic nitrogens is 1. The van der Waals surface area contributed by atoms with Crippen molar-refractivity contribution in [3.63, 3.8) is 0 Å². The molecule has 0 fully saturated rings. The monoisotopic (exact) mass is 161 g/mol. The lowest BCUT2D eigenvalue weighted by molar-refractivity contribution is 0.414. The third kappa shape index (κ3) is 1.19. The average Bonchev–Trinajstić information content (AvgIpc) is 1.95. The smallest absolute Gasteiger partial charge is 0.255 e. The lowest BCUT2D eigenvalue weighted by atomic mass is 10.3. The maximum Gasteiger partial charge on any atom is 0.255 e. The second-order valence-corrected chi connectivity index (χ2v) is 2.01. The number of halogens is 2. The van der Waals surface area contributed by atoms with Crippen LogP contribution in [-0.2, 0) is 5.88 Å². The highest BCUT2D eigenvalue weighted by Crippen LogP contribution is 2.19. The van der Waals surface area contributed by atoms with Crippen molar-refractivity contribution in [3.05, 3.63) is 23.8 Å². The summed E-state index contributed by atoms with van der Waals surface area (Å²) in [6.07, 6.45) is 1.26. The molecule has 0 aliphatic rings. The van der Waals surface area contributed by atoms with Crippen LogP contribution < -0.4 is 0 Å². The van der Waals surface area contributed by atoms with E-state index in [-0.39, 0.29) is 5.88 Å². The minimum absolute atomic E-state index is 0.0886. The number of aromatic hydroxyl groups is 1. The van der Waals surface area contributed by atoms with Crippen LogP contribution in [0, 0.1) is 5.95 Å². The second-order valence-electron chi connectivity index (χ2n) is 1.74. The fourth-order valence-electron chi connectivity index (χ4n) is 0.573. The van der Waals surface area contributed by atoms with Gasteiger partial charge in [0, 0.05) is 11.8 Å². The molecule has 0 aliphatic carbocycles. The lowest BCUT2D eigenvalue weighted by Crippen LogP contribution is -1.86. The zero-order chi connectivity index (χ0) is 7.56. The molecule has 0 saturated carbocycles. The highest BCUT2D eigenvalue weighted by atomic mass is 35.5. The Labute approximate surface area is 62.3 Å². The molecule has 4 heteroatoms. The topological polar surface area (TPSA) is 33.1 Å². The van der Waals surface area contributed by atoms with Gasteiger partial charge in [-0.05, 0) is 6.07 Å². The number of nitrogens with zero attached hydrogens (tertiary/aromatic N) is 1. The fourth-order valence-corrected chi connectivity index (χ4v) is 0.789. The Balaban J connectivity index is 3.14. The summed E-state index contributed by atoms with van der Waals surface area (Å²) >= 11 is 5.35. The van der Waals surface area contributed by atoms with E-state index in [0.29, 0.717) is 5.56 Å². The molecule has 1 heterocycles. The molecule has 10 heavy (non-hydrogen) atoms.